The quantitative estimate of drug-likeness (QED) is 0.686. The van der Waals surface area contributed by atoms with Crippen molar-refractivity contribution in [3.8, 4) is 11.8 Å². The van der Waals surface area contributed by atoms with Crippen LogP contribution in [0.5, 0.6) is 5.75 Å². The van der Waals surface area contributed by atoms with Gasteiger partial charge in [-0.3, -0.25) is 0 Å². The molecule has 4 heteroatoms. The van der Waals surface area contributed by atoms with Crippen molar-refractivity contribution in [2.75, 3.05) is 13.7 Å². The molecule has 0 aliphatic heterocycles. The van der Waals surface area contributed by atoms with Gasteiger partial charge in [0.1, 0.15) is 5.75 Å². The van der Waals surface area contributed by atoms with E-state index in [2.05, 4.69) is 41.2 Å². The largest absolute Gasteiger partial charge is 0.496 e. The number of hydrogen-bond donors (Lipinski definition) is 1. The van der Waals surface area contributed by atoms with E-state index in [1.54, 1.807) is 7.11 Å². The first-order chi connectivity index (χ1) is 8.04. The van der Waals surface area contributed by atoms with E-state index in [1.807, 2.05) is 6.92 Å². The standard InChI is InChI=1S/C13H17BrN2O/c1-8-9(2)13(17-4)11(7-16-6-5-15)10(3)12(8)14/h16H,6-7H2,1-4H3. The average Bonchev–Trinajstić information content (AvgIpc) is 2.33. The molecule has 1 N–H and O–H groups in total. The van der Waals surface area contributed by atoms with E-state index in [0.29, 0.717) is 13.1 Å². The second kappa shape index (κ2) is 6.04. The lowest BCUT2D eigenvalue weighted by atomic mass is 9.99. The molecule has 0 aliphatic carbocycles. The first-order valence-corrected chi connectivity index (χ1v) is 6.23. The predicted octanol–water partition coefficient (Wildman–Crippen LogP) is 3.00. The van der Waals surface area contributed by atoms with Gasteiger partial charge in [-0.1, -0.05) is 15.9 Å². The van der Waals surface area contributed by atoms with Gasteiger partial charge in [0.25, 0.3) is 0 Å². The van der Waals surface area contributed by atoms with E-state index in [4.69, 9.17) is 10.00 Å². The fraction of sp³-hybridized carbons (Fsp3) is 0.462. The number of nitrogens with zero attached hydrogens (tertiary/aromatic N) is 1. The SMILES string of the molecule is COc1c(C)c(C)c(Br)c(C)c1CNCC#N. The summed E-state index contributed by atoms with van der Waals surface area (Å²) in [5.41, 5.74) is 4.61. The highest BCUT2D eigenvalue weighted by Crippen LogP contribution is 2.35. The summed E-state index contributed by atoms with van der Waals surface area (Å²) < 4.78 is 6.60. The molecule has 1 aromatic carbocycles. The summed E-state index contributed by atoms with van der Waals surface area (Å²) >= 11 is 3.60. The smallest absolute Gasteiger partial charge is 0.126 e. The maximum absolute atomic E-state index is 8.54. The Kier molecular flexibility index (Phi) is 4.98. The van der Waals surface area contributed by atoms with E-state index in [1.165, 1.54) is 5.56 Å². The fourth-order valence-electron chi connectivity index (χ4n) is 1.88. The molecule has 92 valence electrons. The predicted molar refractivity (Wildman–Crippen MR) is 72.2 cm³/mol. The van der Waals surface area contributed by atoms with E-state index in [0.717, 1.165) is 26.9 Å². The molecule has 0 amide bonds. The Morgan fingerprint density at radius 2 is 1.88 bits per heavy atom. The van der Waals surface area contributed by atoms with Crippen LogP contribution in [0, 0.1) is 32.1 Å². The third kappa shape index (κ3) is 2.80. The maximum atomic E-state index is 8.54. The Balaban J connectivity index is 3.22. The fourth-order valence-corrected chi connectivity index (χ4v) is 2.41. The van der Waals surface area contributed by atoms with E-state index in [9.17, 15) is 0 Å². The summed E-state index contributed by atoms with van der Waals surface area (Å²) in [5.74, 6) is 0.911. The normalized spacial score (nSPS) is 10.1. The van der Waals surface area contributed by atoms with Crippen molar-refractivity contribution in [1.82, 2.24) is 5.32 Å². The van der Waals surface area contributed by atoms with Crippen molar-refractivity contribution >= 4 is 15.9 Å². The topological polar surface area (TPSA) is 45.0 Å². The van der Waals surface area contributed by atoms with Crippen molar-refractivity contribution in [3.63, 3.8) is 0 Å². The summed E-state index contributed by atoms with van der Waals surface area (Å²) in [6.45, 7) is 7.16. The van der Waals surface area contributed by atoms with Crippen LogP contribution in [0.25, 0.3) is 0 Å². The van der Waals surface area contributed by atoms with Gasteiger partial charge in [-0.05, 0) is 37.5 Å². The van der Waals surface area contributed by atoms with Gasteiger partial charge in [-0.25, -0.2) is 0 Å². The van der Waals surface area contributed by atoms with Gasteiger partial charge in [0.15, 0.2) is 0 Å². The molecule has 0 saturated carbocycles. The zero-order valence-electron chi connectivity index (χ0n) is 10.6. The lowest BCUT2D eigenvalue weighted by molar-refractivity contribution is 0.404. The highest BCUT2D eigenvalue weighted by atomic mass is 79.9. The van der Waals surface area contributed by atoms with Crippen LogP contribution in [0.3, 0.4) is 0 Å². The Bertz CT molecular complexity index is 464. The Morgan fingerprint density at radius 3 is 2.41 bits per heavy atom. The molecule has 0 saturated heterocycles. The Morgan fingerprint density at radius 1 is 1.24 bits per heavy atom. The van der Waals surface area contributed by atoms with Crippen molar-refractivity contribution in [3.05, 3.63) is 26.7 Å². The number of nitriles is 1. The van der Waals surface area contributed by atoms with Crippen LogP contribution in [0.4, 0.5) is 0 Å². The molecule has 1 rings (SSSR count). The minimum Gasteiger partial charge on any atom is -0.496 e. The van der Waals surface area contributed by atoms with Crippen LogP contribution in [0.2, 0.25) is 0 Å². The van der Waals surface area contributed by atoms with Crippen molar-refractivity contribution in [2.24, 2.45) is 0 Å². The number of rotatable bonds is 4. The summed E-state index contributed by atoms with van der Waals surface area (Å²) in [4.78, 5) is 0. The second-order valence-corrected chi connectivity index (χ2v) is 4.76. The molecule has 0 spiro atoms. The van der Waals surface area contributed by atoms with E-state index in [-0.39, 0.29) is 0 Å². The molecule has 0 bridgehead atoms. The molecule has 0 unspecified atom stereocenters. The molecular weight excluding hydrogens is 280 g/mol. The van der Waals surface area contributed by atoms with Crippen LogP contribution in [-0.2, 0) is 6.54 Å². The van der Waals surface area contributed by atoms with Gasteiger partial charge < -0.3 is 10.1 Å². The minimum atomic E-state index is 0.340. The molecule has 3 nitrogen and oxygen atoms in total. The number of halogens is 1. The third-order valence-corrected chi connectivity index (χ3v) is 4.19. The molecule has 0 aromatic heterocycles. The molecule has 0 radical (unpaired) electrons. The first-order valence-electron chi connectivity index (χ1n) is 5.44. The summed E-state index contributed by atoms with van der Waals surface area (Å²) in [7, 11) is 1.68. The number of benzene rings is 1. The zero-order valence-corrected chi connectivity index (χ0v) is 12.2. The first kappa shape index (κ1) is 14.0. The molecule has 0 atom stereocenters. The van der Waals surface area contributed by atoms with E-state index >= 15 is 0 Å². The van der Waals surface area contributed by atoms with Crippen molar-refractivity contribution < 1.29 is 4.74 Å². The van der Waals surface area contributed by atoms with E-state index < -0.39 is 0 Å². The number of ether oxygens (including phenoxy) is 1. The molecular formula is C13H17BrN2O. The molecule has 0 heterocycles. The maximum Gasteiger partial charge on any atom is 0.126 e. The van der Waals surface area contributed by atoms with Gasteiger partial charge in [0.2, 0.25) is 0 Å². The molecule has 1 aromatic rings. The van der Waals surface area contributed by atoms with Crippen molar-refractivity contribution in [2.45, 2.75) is 27.3 Å². The van der Waals surface area contributed by atoms with Crippen LogP contribution < -0.4 is 10.1 Å². The minimum absolute atomic E-state index is 0.340. The van der Waals surface area contributed by atoms with Crippen LogP contribution in [-0.4, -0.2) is 13.7 Å². The number of nitrogens with one attached hydrogen (secondary N) is 1. The third-order valence-electron chi connectivity index (χ3n) is 3.00. The summed E-state index contributed by atoms with van der Waals surface area (Å²) in [5, 5.41) is 11.6. The zero-order chi connectivity index (χ0) is 13.0. The average molecular weight is 297 g/mol. The van der Waals surface area contributed by atoms with Crippen LogP contribution >= 0.6 is 15.9 Å². The Labute approximate surface area is 111 Å². The highest BCUT2D eigenvalue weighted by molar-refractivity contribution is 9.10. The van der Waals surface area contributed by atoms with Gasteiger partial charge >= 0.3 is 0 Å². The molecule has 17 heavy (non-hydrogen) atoms. The monoisotopic (exact) mass is 296 g/mol. The van der Waals surface area contributed by atoms with Crippen molar-refractivity contribution in [1.29, 1.82) is 5.26 Å². The van der Waals surface area contributed by atoms with Crippen LogP contribution in [0.1, 0.15) is 22.3 Å². The lowest BCUT2D eigenvalue weighted by Crippen LogP contribution is -2.15. The molecule has 0 fully saturated rings. The highest BCUT2D eigenvalue weighted by Gasteiger charge is 2.15. The summed E-state index contributed by atoms with van der Waals surface area (Å²) in [6, 6.07) is 2.07. The van der Waals surface area contributed by atoms with Gasteiger partial charge in [-0.15, -0.1) is 0 Å². The lowest BCUT2D eigenvalue weighted by Gasteiger charge is -2.18. The van der Waals surface area contributed by atoms with Gasteiger partial charge in [0, 0.05) is 16.6 Å². The number of hydrogen-bond acceptors (Lipinski definition) is 3. The van der Waals surface area contributed by atoms with Gasteiger partial charge in [-0.2, -0.15) is 5.26 Å². The molecule has 0 aliphatic rings. The van der Waals surface area contributed by atoms with Gasteiger partial charge in [0.05, 0.1) is 19.7 Å². The Hall–Kier alpha value is -1.05. The summed E-state index contributed by atoms with van der Waals surface area (Å²) in [6.07, 6.45) is 0. The van der Waals surface area contributed by atoms with Crippen LogP contribution in [0.15, 0.2) is 4.47 Å². The number of methoxy groups -OCH3 is 1. The second-order valence-electron chi connectivity index (χ2n) is 3.96.